The van der Waals surface area contributed by atoms with Crippen molar-refractivity contribution >= 4 is 19.0 Å². The summed E-state index contributed by atoms with van der Waals surface area (Å²) in [4.78, 5) is 0. The SMILES string of the molecule is Bc1cccc(-c2cccc3c2CCN3)c1C. The number of rotatable bonds is 1. The smallest absolute Gasteiger partial charge is 0.139 e. The Morgan fingerprint density at radius 3 is 2.71 bits per heavy atom. The highest BCUT2D eigenvalue weighted by atomic mass is 14.9. The van der Waals surface area contributed by atoms with Crippen LogP contribution in [-0.4, -0.2) is 14.4 Å². The summed E-state index contributed by atoms with van der Waals surface area (Å²) >= 11 is 0. The Morgan fingerprint density at radius 1 is 1.06 bits per heavy atom. The number of fused-ring (bicyclic) bond motifs is 1. The van der Waals surface area contributed by atoms with E-state index in [1.54, 1.807) is 0 Å². The fraction of sp³-hybridized carbons (Fsp3) is 0.200. The Balaban J connectivity index is 2.23. The van der Waals surface area contributed by atoms with E-state index in [9.17, 15) is 0 Å². The number of hydrogen-bond donors (Lipinski definition) is 1. The van der Waals surface area contributed by atoms with Crippen LogP contribution in [0.25, 0.3) is 11.1 Å². The highest BCUT2D eigenvalue weighted by Crippen LogP contribution is 2.33. The van der Waals surface area contributed by atoms with Crippen LogP contribution < -0.4 is 10.8 Å². The first kappa shape index (κ1) is 10.5. The van der Waals surface area contributed by atoms with Gasteiger partial charge in [-0.25, -0.2) is 0 Å². The molecule has 0 amide bonds. The minimum atomic E-state index is 1.07. The van der Waals surface area contributed by atoms with Crippen molar-refractivity contribution in [1.29, 1.82) is 0 Å². The lowest BCUT2D eigenvalue weighted by Crippen LogP contribution is -2.07. The molecule has 2 aromatic rings. The predicted molar refractivity (Wildman–Crippen MR) is 77.0 cm³/mol. The van der Waals surface area contributed by atoms with Gasteiger partial charge in [-0.3, -0.25) is 0 Å². The van der Waals surface area contributed by atoms with Crippen LogP contribution in [0.4, 0.5) is 5.69 Å². The molecule has 0 radical (unpaired) electrons. The molecule has 1 nitrogen and oxygen atoms in total. The van der Waals surface area contributed by atoms with Crippen LogP contribution in [0.15, 0.2) is 36.4 Å². The molecule has 2 heteroatoms. The van der Waals surface area contributed by atoms with Crippen LogP contribution in [0.2, 0.25) is 0 Å². The van der Waals surface area contributed by atoms with Gasteiger partial charge in [0.1, 0.15) is 7.85 Å². The molecule has 17 heavy (non-hydrogen) atoms. The van der Waals surface area contributed by atoms with Gasteiger partial charge in [0.15, 0.2) is 0 Å². The van der Waals surface area contributed by atoms with Crippen LogP contribution >= 0.6 is 0 Å². The van der Waals surface area contributed by atoms with Crippen molar-refractivity contribution in [2.75, 3.05) is 11.9 Å². The Kier molecular flexibility index (Phi) is 2.43. The second kappa shape index (κ2) is 3.95. The molecular formula is C15H16BN. The van der Waals surface area contributed by atoms with E-state index in [0.717, 1.165) is 13.0 Å². The van der Waals surface area contributed by atoms with Crippen LogP contribution in [0.1, 0.15) is 11.1 Å². The summed E-state index contributed by atoms with van der Waals surface area (Å²) in [7, 11) is 2.18. The van der Waals surface area contributed by atoms with Gasteiger partial charge in [-0.2, -0.15) is 0 Å². The fourth-order valence-electron chi connectivity index (χ4n) is 2.64. The Morgan fingerprint density at radius 2 is 1.82 bits per heavy atom. The third-order valence-corrected chi connectivity index (χ3v) is 3.76. The highest BCUT2D eigenvalue weighted by molar-refractivity contribution is 6.33. The maximum absolute atomic E-state index is 3.44. The van der Waals surface area contributed by atoms with E-state index in [2.05, 4.69) is 56.5 Å². The van der Waals surface area contributed by atoms with E-state index < -0.39 is 0 Å². The molecule has 0 fully saturated rings. The maximum atomic E-state index is 3.44. The van der Waals surface area contributed by atoms with Gasteiger partial charge in [0.05, 0.1) is 0 Å². The Hall–Kier alpha value is -1.70. The summed E-state index contributed by atoms with van der Waals surface area (Å²) in [6, 6.07) is 13.1. The number of nitrogens with one attached hydrogen (secondary N) is 1. The molecule has 84 valence electrons. The zero-order valence-electron chi connectivity index (χ0n) is 10.4. The number of hydrogen-bond acceptors (Lipinski definition) is 1. The second-order valence-corrected chi connectivity index (χ2v) is 4.76. The van der Waals surface area contributed by atoms with Crippen molar-refractivity contribution in [1.82, 2.24) is 0 Å². The average Bonchev–Trinajstić information content (AvgIpc) is 2.81. The number of anilines is 1. The van der Waals surface area contributed by atoms with Gasteiger partial charge in [0.25, 0.3) is 0 Å². The minimum Gasteiger partial charge on any atom is -0.384 e. The molecule has 0 spiro atoms. The lowest BCUT2D eigenvalue weighted by atomic mass is 9.85. The van der Waals surface area contributed by atoms with Gasteiger partial charge < -0.3 is 5.32 Å². The number of benzene rings is 2. The van der Waals surface area contributed by atoms with E-state index >= 15 is 0 Å². The van der Waals surface area contributed by atoms with Gasteiger partial charge in [0, 0.05) is 12.2 Å². The standard InChI is InChI=1S/C15H16BN/c1-10-11(4-2-6-14(10)16)12-5-3-7-15-13(12)8-9-17-15/h2-7,17H,8-9,16H2,1H3. The summed E-state index contributed by atoms with van der Waals surface area (Å²) in [5, 5.41) is 3.44. The van der Waals surface area contributed by atoms with Gasteiger partial charge in [-0.05, 0) is 41.7 Å². The zero-order chi connectivity index (χ0) is 11.8. The van der Waals surface area contributed by atoms with Crippen molar-refractivity contribution < 1.29 is 0 Å². The first-order chi connectivity index (χ1) is 8.27. The van der Waals surface area contributed by atoms with Crippen molar-refractivity contribution in [2.24, 2.45) is 0 Å². The maximum Gasteiger partial charge on any atom is 0.139 e. The van der Waals surface area contributed by atoms with Crippen LogP contribution in [0.5, 0.6) is 0 Å². The first-order valence-corrected chi connectivity index (χ1v) is 6.20. The van der Waals surface area contributed by atoms with Gasteiger partial charge >= 0.3 is 0 Å². The molecule has 1 N–H and O–H groups in total. The second-order valence-electron chi connectivity index (χ2n) is 4.76. The Labute approximate surface area is 103 Å². The van der Waals surface area contributed by atoms with Gasteiger partial charge in [-0.15, -0.1) is 0 Å². The van der Waals surface area contributed by atoms with Crippen LogP contribution in [0.3, 0.4) is 0 Å². The van der Waals surface area contributed by atoms with Crippen molar-refractivity contribution in [3.05, 3.63) is 47.5 Å². The Bertz CT molecular complexity index is 575. The average molecular weight is 221 g/mol. The first-order valence-electron chi connectivity index (χ1n) is 6.20. The van der Waals surface area contributed by atoms with Crippen molar-refractivity contribution in [3.8, 4) is 11.1 Å². The lowest BCUT2D eigenvalue weighted by molar-refractivity contribution is 1.11. The quantitative estimate of drug-likeness (QED) is 0.725. The predicted octanol–water partition coefficient (Wildman–Crippen LogP) is 1.89. The molecule has 0 atom stereocenters. The van der Waals surface area contributed by atoms with Crippen molar-refractivity contribution in [2.45, 2.75) is 13.3 Å². The molecule has 1 aliphatic heterocycles. The fourth-order valence-corrected chi connectivity index (χ4v) is 2.64. The van der Waals surface area contributed by atoms with Gasteiger partial charge in [0.2, 0.25) is 0 Å². The van der Waals surface area contributed by atoms with E-state index in [1.165, 1.54) is 33.4 Å². The van der Waals surface area contributed by atoms with E-state index in [4.69, 9.17) is 0 Å². The van der Waals surface area contributed by atoms with E-state index in [1.807, 2.05) is 0 Å². The molecule has 3 rings (SSSR count). The molecule has 2 aromatic carbocycles. The summed E-state index contributed by atoms with van der Waals surface area (Å²) in [5.41, 5.74) is 8.32. The third-order valence-electron chi connectivity index (χ3n) is 3.76. The van der Waals surface area contributed by atoms with Crippen LogP contribution in [0, 0.1) is 6.92 Å². The summed E-state index contributed by atoms with van der Waals surface area (Å²) in [6.45, 7) is 3.28. The van der Waals surface area contributed by atoms with E-state index in [0.29, 0.717) is 0 Å². The molecule has 0 saturated heterocycles. The molecule has 0 unspecified atom stereocenters. The molecular weight excluding hydrogens is 205 g/mol. The lowest BCUT2D eigenvalue weighted by Gasteiger charge is -2.12. The molecule has 0 aliphatic carbocycles. The molecule has 1 heterocycles. The highest BCUT2D eigenvalue weighted by Gasteiger charge is 2.15. The molecule has 0 bridgehead atoms. The normalized spacial score (nSPS) is 13.2. The molecule has 0 aromatic heterocycles. The van der Waals surface area contributed by atoms with Crippen molar-refractivity contribution in [3.63, 3.8) is 0 Å². The molecule has 1 aliphatic rings. The third kappa shape index (κ3) is 1.64. The summed E-state index contributed by atoms with van der Waals surface area (Å²) < 4.78 is 0. The van der Waals surface area contributed by atoms with E-state index in [-0.39, 0.29) is 0 Å². The minimum absolute atomic E-state index is 1.07. The summed E-state index contributed by atoms with van der Waals surface area (Å²) in [5.74, 6) is 0. The summed E-state index contributed by atoms with van der Waals surface area (Å²) in [6.07, 6.45) is 1.14. The van der Waals surface area contributed by atoms with Gasteiger partial charge in [-0.1, -0.05) is 35.8 Å². The topological polar surface area (TPSA) is 12.0 Å². The largest absolute Gasteiger partial charge is 0.384 e. The molecule has 0 saturated carbocycles. The van der Waals surface area contributed by atoms with Crippen LogP contribution in [-0.2, 0) is 6.42 Å². The monoisotopic (exact) mass is 221 g/mol. The zero-order valence-corrected chi connectivity index (χ0v) is 10.4.